The molecule has 8 nitrogen and oxygen atoms in total. The molecule has 0 aliphatic carbocycles. The fourth-order valence-corrected chi connectivity index (χ4v) is 4.26. The van der Waals surface area contributed by atoms with Gasteiger partial charge in [-0.15, -0.1) is 0 Å². The maximum absolute atomic E-state index is 7.56. The molecule has 0 saturated heterocycles. The third-order valence-corrected chi connectivity index (χ3v) is 6.24. The van der Waals surface area contributed by atoms with E-state index >= 15 is 0 Å². The molecule has 0 aliphatic heterocycles. The number of H-pyrrole nitrogens is 2. The van der Waals surface area contributed by atoms with E-state index in [2.05, 4.69) is 34.2 Å². The molecule has 0 saturated carbocycles. The monoisotopic (exact) mass is 470 g/mol. The van der Waals surface area contributed by atoms with E-state index in [-0.39, 0.29) is 11.7 Å². The second kappa shape index (κ2) is 8.21. The van der Waals surface area contributed by atoms with E-state index in [1.165, 1.54) is 0 Å². The summed E-state index contributed by atoms with van der Waals surface area (Å²) in [6.45, 7) is 0. The first-order valence-electron chi connectivity index (χ1n) is 11.3. The Labute approximate surface area is 206 Å². The first-order chi connectivity index (χ1) is 17.4. The largest absolute Gasteiger partial charge is 0.384 e. The quantitative estimate of drug-likeness (QED) is 0.155. The van der Waals surface area contributed by atoms with Gasteiger partial charge in [-0.2, -0.15) is 0 Å². The number of rotatable bonds is 5. The standard InChI is InChI=1S/C28H22N8/c29-25(30)15-1-5-17(6-2-15)27-33-21-11-9-19(13-23(21)35-27)20-10-12-22-24(14-20)36-28(34-22)18-7-3-16(4-8-18)26(31)32/h1-14H,(H3,29,30)(H3,31,32)(H,33,35)(H,34,36). The zero-order valence-electron chi connectivity index (χ0n) is 19.1. The maximum Gasteiger partial charge on any atom is 0.138 e. The number of imidazole rings is 2. The Bertz CT molecular complexity index is 1640. The van der Waals surface area contributed by atoms with Crippen LogP contribution < -0.4 is 11.5 Å². The summed E-state index contributed by atoms with van der Waals surface area (Å²) in [6.07, 6.45) is 0. The summed E-state index contributed by atoms with van der Waals surface area (Å²) in [6, 6.07) is 27.2. The zero-order valence-corrected chi connectivity index (χ0v) is 19.1. The summed E-state index contributed by atoms with van der Waals surface area (Å²) in [4.78, 5) is 16.3. The number of nitrogens with two attached hydrogens (primary N) is 2. The molecule has 6 aromatic rings. The molecule has 4 aromatic carbocycles. The van der Waals surface area contributed by atoms with E-state index in [1.54, 1.807) is 0 Å². The highest BCUT2D eigenvalue weighted by Crippen LogP contribution is 2.29. The number of nitrogen functional groups attached to an aromatic ring is 2. The van der Waals surface area contributed by atoms with Crippen LogP contribution in [-0.4, -0.2) is 31.6 Å². The third-order valence-electron chi connectivity index (χ3n) is 6.24. The lowest BCUT2D eigenvalue weighted by Crippen LogP contribution is -2.10. The van der Waals surface area contributed by atoms with Gasteiger partial charge in [0, 0.05) is 22.3 Å². The molecule has 0 unspecified atom stereocenters. The number of hydrogen-bond acceptors (Lipinski definition) is 4. The van der Waals surface area contributed by atoms with Crippen LogP contribution in [0.15, 0.2) is 84.9 Å². The van der Waals surface area contributed by atoms with Crippen molar-refractivity contribution < 1.29 is 0 Å². The van der Waals surface area contributed by atoms with Crippen molar-refractivity contribution in [2.75, 3.05) is 0 Å². The van der Waals surface area contributed by atoms with Crippen LogP contribution in [0.3, 0.4) is 0 Å². The van der Waals surface area contributed by atoms with Gasteiger partial charge in [0.2, 0.25) is 0 Å². The van der Waals surface area contributed by atoms with Gasteiger partial charge in [0.15, 0.2) is 0 Å². The SMILES string of the molecule is N=C(N)c1ccc(-c2nc3cc(-c4ccc5[nH]c(-c6ccc(C(=N)N)cc6)nc5c4)ccc3[nH]2)cc1. The summed E-state index contributed by atoms with van der Waals surface area (Å²) in [5.74, 6) is 1.62. The Balaban J connectivity index is 1.32. The molecule has 8 N–H and O–H groups in total. The Morgan fingerprint density at radius 2 is 0.889 bits per heavy atom. The summed E-state index contributed by atoms with van der Waals surface area (Å²) < 4.78 is 0. The van der Waals surface area contributed by atoms with Gasteiger partial charge in [-0.1, -0.05) is 60.7 Å². The predicted molar refractivity (Wildman–Crippen MR) is 144 cm³/mol. The van der Waals surface area contributed by atoms with Crippen molar-refractivity contribution in [1.82, 2.24) is 19.9 Å². The second-order valence-corrected chi connectivity index (χ2v) is 8.62. The van der Waals surface area contributed by atoms with E-state index in [0.29, 0.717) is 11.1 Å². The minimum absolute atomic E-state index is 0.0442. The van der Waals surface area contributed by atoms with Crippen LogP contribution in [0.1, 0.15) is 11.1 Å². The lowest BCUT2D eigenvalue weighted by Gasteiger charge is -2.01. The van der Waals surface area contributed by atoms with Gasteiger partial charge in [-0.05, 0) is 35.4 Å². The Kier molecular flexibility index (Phi) is 4.86. The summed E-state index contributed by atoms with van der Waals surface area (Å²) in [5.41, 5.74) is 20.1. The molecular weight excluding hydrogens is 448 g/mol. The minimum Gasteiger partial charge on any atom is -0.384 e. The number of benzene rings is 4. The smallest absolute Gasteiger partial charge is 0.138 e. The van der Waals surface area contributed by atoms with Crippen LogP contribution in [0.4, 0.5) is 0 Å². The van der Waals surface area contributed by atoms with Crippen LogP contribution in [0, 0.1) is 10.8 Å². The first kappa shape index (κ1) is 21.3. The van der Waals surface area contributed by atoms with Crippen LogP contribution in [0.5, 0.6) is 0 Å². The van der Waals surface area contributed by atoms with Gasteiger partial charge in [-0.3, -0.25) is 10.8 Å². The number of nitrogens with one attached hydrogen (secondary N) is 4. The predicted octanol–water partition coefficient (Wildman–Crippen LogP) is 5.01. The molecule has 174 valence electrons. The van der Waals surface area contributed by atoms with E-state index in [9.17, 15) is 0 Å². The molecule has 2 heterocycles. The topological polar surface area (TPSA) is 157 Å². The molecular formula is C28H22N8. The number of hydrogen-bond donors (Lipinski definition) is 6. The van der Waals surface area contributed by atoms with Crippen LogP contribution in [0.2, 0.25) is 0 Å². The molecule has 6 rings (SSSR count). The number of amidine groups is 2. The molecule has 0 atom stereocenters. The maximum atomic E-state index is 7.56. The van der Waals surface area contributed by atoms with Crippen LogP contribution >= 0.6 is 0 Å². The van der Waals surface area contributed by atoms with Crippen molar-refractivity contribution >= 4 is 33.7 Å². The Morgan fingerprint density at radius 3 is 1.25 bits per heavy atom. The van der Waals surface area contributed by atoms with Crippen molar-refractivity contribution in [3.05, 3.63) is 96.1 Å². The fourth-order valence-electron chi connectivity index (χ4n) is 4.26. The molecule has 8 heteroatoms. The van der Waals surface area contributed by atoms with Crippen LogP contribution in [0.25, 0.3) is 56.0 Å². The Hall–Kier alpha value is -5.24. The normalized spacial score (nSPS) is 11.2. The molecule has 0 spiro atoms. The van der Waals surface area contributed by atoms with E-state index in [4.69, 9.17) is 32.3 Å². The third kappa shape index (κ3) is 3.76. The zero-order chi connectivity index (χ0) is 24.8. The minimum atomic E-state index is 0.0442. The second-order valence-electron chi connectivity index (χ2n) is 8.62. The lowest BCUT2D eigenvalue weighted by molar-refractivity contribution is 1.33. The molecule has 2 aromatic heterocycles. The number of aromatic nitrogens is 4. The molecule has 0 fully saturated rings. The van der Waals surface area contributed by atoms with Gasteiger partial charge in [0.25, 0.3) is 0 Å². The average Bonchev–Trinajstić information content (AvgIpc) is 3.52. The summed E-state index contributed by atoms with van der Waals surface area (Å²) in [7, 11) is 0. The van der Waals surface area contributed by atoms with Crippen molar-refractivity contribution in [2.45, 2.75) is 0 Å². The van der Waals surface area contributed by atoms with Gasteiger partial charge in [-0.25, -0.2) is 9.97 Å². The van der Waals surface area contributed by atoms with Crippen molar-refractivity contribution in [2.24, 2.45) is 11.5 Å². The fraction of sp³-hybridized carbons (Fsp3) is 0. The van der Waals surface area contributed by atoms with Crippen molar-refractivity contribution in [3.8, 4) is 33.9 Å². The average molecular weight is 471 g/mol. The molecule has 0 aliphatic rings. The highest BCUT2D eigenvalue weighted by Gasteiger charge is 2.10. The Morgan fingerprint density at radius 1 is 0.528 bits per heavy atom. The van der Waals surface area contributed by atoms with E-state index in [1.807, 2.05) is 60.7 Å². The van der Waals surface area contributed by atoms with Crippen molar-refractivity contribution in [1.29, 1.82) is 10.8 Å². The highest BCUT2D eigenvalue weighted by atomic mass is 14.9. The molecule has 0 bridgehead atoms. The molecule has 0 amide bonds. The number of aromatic amines is 2. The molecule has 36 heavy (non-hydrogen) atoms. The number of nitrogens with zero attached hydrogens (tertiary/aromatic N) is 2. The van der Waals surface area contributed by atoms with Gasteiger partial charge in [0.1, 0.15) is 23.3 Å². The summed E-state index contributed by atoms with van der Waals surface area (Å²) >= 11 is 0. The highest BCUT2D eigenvalue weighted by molar-refractivity contribution is 5.96. The van der Waals surface area contributed by atoms with Crippen molar-refractivity contribution in [3.63, 3.8) is 0 Å². The summed E-state index contributed by atoms with van der Waals surface area (Å²) in [5, 5.41) is 15.1. The van der Waals surface area contributed by atoms with E-state index < -0.39 is 0 Å². The first-order valence-corrected chi connectivity index (χ1v) is 11.3. The lowest BCUT2D eigenvalue weighted by atomic mass is 10.0. The van der Waals surface area contributed by atoms with Gasteiger partial charge < -0.3 is 21.4 Å². The van der Waals surface area contributed by atoms with Gasteiger partial charge in [0.05, 0.1) is 22.1 Å². The molecule has 0 radical (unpaired) electrons. The van der Waals surface area contributed by atoms with E-state index in [0.717, 1.165) is 56.0 Å². The van der Waals surface area contributed by atoms with Crippen LogP contribution in [-0.2, 0) is 0 Å². The number of fused-ring (bicyclic) bond motifs is 2. The van der Waals surface area contributed by atoms with Gasteiger partial charge >= 0.3 is 0 Å².